The van der Waals surface area contributed by atoms with Crippen molar-refractivity contribution in [3.05, 3.63) is 33.9 Å². The van der Waals surface area contributed by atoms with Crippen molar-refractivity contribution < 1.29 is 30.1 Å². The molecular weight excluding hydrogens is 296 g/mol. The third-order valence-corrected chi connectivity index (χ3v) is 3.54. The molecule has 122 valence electrons. The van der Waals surface area contributed by atoms with Gasteiger partial charge in [-0.25, -0.2) is 0 Å². The van der Waals surface area contributed by atoms with Crippen LogP contribution in [-0.4, -0.2) is 62.6 Å². The standard InChI is InChI=1S/C13H18N2O7/c1-6-2-3-7(8(4-6)15(20)21)14-13-12(19)11(18)10(17)9(5-16)22-13/h2-4,9-14,16-19H,5H2,1H3/t9-,10+,11+,12+,13+/m0/s1. The Morgan fingerprint density at radius 3 is 2.55 bits per heavy atom. The summed E-state index contributed by atoms with van der Waals surface area (Å²) < 4.78 is 5.26. The molecule has 1 aliphatic heterocycles. The van der Waals surface area contributed by atoms with E-state index in [1.807, 2.05) is 0 Å². The molecular formula is C13H18N2O7. The molecule has 22 heavy (non-hydrogen) atoms. The summed E-state index contributed by atoms with van der Waals surface area (Å²) in [5.74, 6) is 0. The molecule has 0 amide bonds. The summed E-state index contributed by atoms with van der Waals surface area (Å²) in [4.78, 5) is 10.5. The minimum absolute atomic E-state index is 0.0972. The van der Waals surface area contributed by atoms with Gasteiger partial charge >= 0.3 is 0 Å². The van der Waals surface area contributed by atoms with E-state index in [0.29, 0.717) is 5.56 Å². The van der Waals surface area contributed by atoms with Crippen LogP contribution in [0.1, 0.15) is 5.56 Å². The summed E-state index contributed by atoms with van der Waals surface area (Å²) >= 11 is 0. The number of hydrogen-bond donors (Lipinski definition) is 5. The maximum absolute atomic E-state index is 11.1. The minimum Gasteiger partial charge on any atom is -0.394 e. The number of aryl methyl sites for hydroxylation is 1. The van der Waals surface area contributed by atoms with Crippen LogP contribution in [-0.2, 0) is 4.74 Å². The Bertz CT molecular complexity index is 551. The number of benzene rings is 1. The van der Waals surface area contributed by atoms with E-state index in [2.05, 4.69) is 5.32 Å². The van der Waals surface area contributed by atoms with Crippen LogP contribution in [0.3, 0.4) is 0 Å². The molecule has 0 aliphatic carbocycles. The quantitative estimate of drug-likeness (QED) is 0.355. The number of aliphatic hydroxyl groups excluding tert-OH is 4. The molecule has 0 aromatic heterocycles. The van der Waals surface area contributed by atoms with Gasteiger partial charge in [-0.05, 0) is 18.6 Å². The second-order valence-electron chi connectivity index (χ2n) is 5.17. The van der Waals surface area contributed by atoms with Gasteiger partial charge in [-0.1, -0.05) is 6.07 Å². The lowest BCUT2D eigenvalue weighted by Crippen LogP contribution is -2.60. The Balaban J connectivity index is 2.24. The van der Waals surface area contributed by atoms with Gasteiger partial charge in [-0.2, -0.15) is 0 Å². The highest BCUT2D eigenvalue weighted by Crippen LogP contribution is 2.29. The Morgan fingerprint density at radius 2 is 1.95 bits per heavy atom. The van der Waals surface area contributed by atoms with Crippen molar-refractivity contribution >= 4 is 11.4 Å². The molecule has 0 bridgehead atoms. The molecule has 0 saturated carbocycles. The average Bonchev–Trinajstić information content (AvgIpc) is 2.49. The van der Waals surface area contributed by atoms with E-state index >= 15 is 0 Å². The summed E-state index contributed by atoms with van der Waals surface area (Å²) in [6.45, 7) is 1.13. The van der Waals surface area contributed by atoms with Crippen molar-refractivity contribution in [1.82, 2.24) is 0 Å². The molecule has 1 fully saturated rings. The van der Waals surface area contributed by atoms with Crippen LogP contribution in [0.2, 0.25) is 0 Å². The first-order valence-electron chi connectivity index (χ1n) is 6.67. The first-order valence-corrected chi connectivity index (χ1v) is 6.67. The highest BCUT2D eigenvalue weighted by molar-refractivity contribution is 5.62. The Labute approximate surface area is 125 Å². The average molecular weight is 314 g/mol. The van der Waals surface area contributed by atoms with Gasteiger partial charge in [0.1, 0.15) is 30.1 Å². The lowest BCUT2D eigenvalue weighted by atomic mass is 9.98. The number of nitro benzene ring substituents is 1. The van der Waals surface area contributed by atoms with Crippen molar-refractivity contribution in [1.29, 1.82) is 0 Å². The van der Waals surface area contributed by atoms with Crippen LogP contribution in [0.25, 0.3) is 0 Å². The van der Waals surface area contributed by atoms with Crippen molar-refractivity contribution in [2.24, 2.45) is 0 Å². The number of anilines is 1. The fraction of sp³-hybridized carbons (Fsp3) is 0.538. The number of nitrogens with zero attached hydrogens (tertiary/aromatic N) is 1. The Morgan fingerprint density at radius 1 is 1.27 bits per heavy atom. The summed E-state index contributed by atoms with van der Waals surface area (Å²) in [5.41, 5.74) is 0.572. The molecule has 0 unspecified atom stereocenters. The zero-order chi connectivity index (χ0) is 16.4. The van der Waals surface area contributed by atoms with Gasteiger partial charge < -0.3 is 30.5 Å². The maximum atomic E-state index is 11.1. The van der Waals surface area contributed by atoms with Crippen LogP contribution in [0.4, 0.5) is 11.4 Å². The van der Waals surface area contributed by atoms with Crippen LogP contribution in [0.15, 0.2) is 18.2 Å². The molecule has 1 aromatic rings. The van der Waals surface area contributed by atoms with Crippen molar-refractivity contribution in [3.8, 4) is 0 Å². The molecule has 5 N–H and O–H groups in total. The molecule has 1 heterocycles. The third kappa shape index (κ3) is 3.18. The van der Waals surface area contributed by atoms with Crippen LogP contribution >= 0.6 is 0 Å². The number of hydrogen-bond acceptors (Lipinski definition) is 8. The molecule has 1 saturated heterocycles. The van der Waals surface area contributed by atoms with E-state index in [9.17, 15) is 25.4 Å². The molecule has 2 rings (SSSR count). The van der Waals surface area contributed by atoms with Gasteiger partial charge in [-0.15, -0.1) is 0 Å². The van der Waals surface area contributed by atoms with Crippen LogP contribution in [0, 0.1) is 17.0 Å². The fourth-order valence-corrected chi connectivity index (χ4v) is 2.29. The second-order valence-corrected chi connectivity index (χ2v) is 5.17. The topological polar surface area (TPSA) is 145 Å². The van der Waals surface area contributed by atoms with Crippen molar-refractivity contribution in [3.63, 3.8) is 0 Å². The molecule has 1 aromatic carbocycles. The highest BCUT2D eigenvalue weighted by Gasteiger charge is 2.43. The number of ether oxygens (including phenoxy) is 1. The lowest BCUT2D eigenvalue weighted by Gasteiger charge is -2.40. The van der Waals surface area contributed by atoms with E-state index < -0.39 is 42.2 Å². The number of rotatable bonds is 4. The van der Waals surface area contributed by atoms with Gasteiger partial charge in [0.2, 0.25) is 0 Å². The normalized spacial score (nSPS) is 31.8. The van der Waals surface area contributed by atoms with Crippen LogP contribution < -0.4 is 5.32 Å². The highest BCUT2D eigenvalue weighted by atomic mass is 16.6. The zero-order valence-electron chi connectivity index (χ0n) is 11.8. The molecule has 9 nitrogen and oxygen atoms in total. The monoisotopic (exact) mass is 314 g/mol. The van der Waals surface area contributed by atoms with Crippen molar-refractivity contribution in [2.45, 2.75) is 37.6 Å². The maximum Gasteiger partial charge on any atom is 0.292 e. The van der Waals surface area contributed by atoms with Gasteiger partial charge in [0.25, 0.3) is 5.69 Å². The SMILES string of the molecule is Cc1ccc(N[C@@H]2O[C@@H](CO)[C@@H](O)[C@@H](O)[C@H]2O)c([N+](=O)[O-])c1. The number of nitro groups is 1. The second kappa shape index (κ2) is 6.55. The molecule has 5 atom stereocenters. The van der Waals surface area contributed by atoms with Crippen LogP contribution in [0.5, 0.6) is 0 Å². The number of aliphatic hydroxyl groups is 4. The first-order chi connectivity index (χ1) is 10.3. The predicted octanol–water partition coefficient (Wildman–Crippen LogP) is -0.885. The fourth-order valence-electron chi connectivity index (χ4n) is 2.29. The molecule has 9 heteroatoms. The first kappa shape index (κ1) is 16.6. The van der Waals surface area contributed by atoms with E-state index in [1.54, 1.807) is 13.0 Å². The van der Waals surface area contributed by atoms with E-state index in [1.165, 1.54) is 12.1 Å². The van der Waals surface area contributed by atoms with E-state index in [0.717, 1.165) is 0 Å². The van der Waals surface area contributed by atoms with Crippen molar-refractivity contribution in [2.75, 3.05) is 11.9 Å². The summed E-state index contributed by atoms with van der Waals surface area (Å²) in [5, 5.41) is 52.1. The minimum atomic E-state index is -1.55. The Kier molecular flexibility index (Phi) is 4.94. The van der Waals surface area contributed by atoms with E-state index in [4.69, 9.17) is 9.84 Å². The largest absolute Gasteiger partial charge is 0.394 e. The van der Waals surface area contributed by atoms with Gasteiger partial charge in [0.05, 0.1) is 11.5 Å². The van der Waals surface area contributed by atoms with E-state index in [-0.39, 0.29) is 11.4 Å². The predicted molar refractivity (Wildman–Crippen MR) is 75.2 cm³/mol. The molecule has 1 aliphatic rings. The van der Waals surface area contributed by atoms with Gasteiger partial charge in [0, 0.05) is 6.07 Å². The summed E-state index contributed by atoms with van der Waals surface area (Å²) in [7, 11) is 0. The molecule has 0 spiro atoms. The Hall–Kier alpha value is -1.78. The smallest absolute Gasteiger partial charge is 0.292 e. The third-order valence-electron chi connectivity index (χ3n) is 3.54. The van der Waals surface area contributed by atoms with Gasteiger partial charge in [0.15, 0.2) is 6.23 Å². The lowest BCUT2D eigenvalue weighted by molar-refractivity contribution is -0.384. The molecule has 0 radical (unpaired) electrons. The summed E-state index contributed by atoms with van der Waals surface area (Å²) in [6.07, 6.45) is -6.84. The zero-order valence-corrected chi connectivity index (χ0v) is 11.8. The van der Waals surface area contributed by atoms with Gasteiger partial charge in [-0.3, -0.25) is 10.1 Å². The number of nitrogens with one attached hydrogen (secondary N) is 1. The summed E-state index contributed by atoms with van der Waals surface area (Å²) in [6, 6.07) is 4.45.